The lowest BCUT2D eigenvalue weighted by molar-refractivity contribution is 0.251. The molecule has 4 nitrogen and oxygen atoms in total. The fourth-order valence-electron chi connectivity index (χ4n) is 3.06. The number of aromatic nitrogens is 2. The van der Waals surface area contributed by atoms with E-state index in [0.29, 0.717) is 5.92 Å². The monoisotopic (exact) mass is 283 g/mol. The van der Waals surface area contributed by atoms with Gasteiger partial charge in [-0.05, 0) is 62.3 Å². The van der Waals surface area contributed by atoms with Crippen LogP contribution in [0, 0.1) is 0 Å². The number of likely N-dealkylation sites (tertiary alicyclic amines) is 1. The minimum absolute atomic E-state index is 0.0678. The van der Waals surface area contributed by atoms with E-state index < -0.39 is 0 Å². The molecular formula is C17H21N3O. The number of piperidine rings is 1. The average molecular weight is 283 g/mol. The first-order valence-electron chi connectivity index (χ1n) is 7.45. The second kappa shape index (κ2) is 5.82. The molecule has 0 aromatic carbocycles. The van der Waals surface area contributed by atoms with Crippen molar-refractivity contribution in [2.24, 2.45) is 7.05 Å². The van der Waals surface area contributed by atoms with Gasteiger partial charge in [-0.15, -0.1) is 0 Å². The van der Waals surface area contributed by atoms with Crippen molar-refractivity contribution in [2.45, 2.75) is 18.8 Å². The fourth-order valence-corrected chi connectivity index (χ4v) is 3.06. The molecule has 0 saturated carbocycles. The molecule has 1 fully saturated rings. The predicted molar refractivity (Wildman–Crippen MR) is 84.4 cm³/mol. The van der Waals surface area contributed by atoms with Crippen LogP contribution in [0.5, 0.6) is 0 Å². The molecule has 0 spiro atoms. The van der Waals surface area contributed by atoms with E-state index in [1.807, 2.05) is 19.2 Å². The first kappa shape index (κ1) is 14.0. The van der Waals surface area contributed by atoms with Crippen LogP contribution in [0.3, 0.4) is 0 Å². The molecule has 0 aliphatic carbocycles. The third-order valence-corrected chi connectivity index (χ3v) is 4.45. The summed E-state index contributed by atoms with van der Waals surface area (Å²) in [5.74, 6) is 0.473. The summed E-state index contributed by atoms with van der Waals surface area (Å²) in [5.41, 5.74) is 3.27. The predicted octanol–water partition coefficient (Wildman–Crippen LogP) is 2.26. The number of hydrogen-bond acceptors (Lipinski definition) is 3. The molecule has 1 aliphatic heterocycles. The summed E-state index contributed by atoms with van der Waals surface area (Å²) >= 11 is 0. The maximum absolute atomic E-state index is 12.3. The zero-order chi connectivity index (χ0) is 14.8. The Bertz CT molecular complexity index is 670. The second-order valence-corrected chi connectivity index (χ2v) is 5.88. The first-order valence-corrected chi connectivity index (χ1v) is 7.45. The Balaban J connectivity index is 2.01. The molecule has 1 aliphatic rings. The van der Waals surface area contributed by atoms with Crippen molar-refractivity contribution < 1.29 is 0 Å². The smallest absolute Gasteiger partial charge is 0.251 e. The van der Waals surface area contributed by atoms with Gasteiger partial charge in [0, 0.05) is 37.1 Å². The van der Waals surface area contributed by atoms with Crippen LogP contribution in [-0.2, 0) is 7.05 Å². The van der Waals surface area contributed by atoms with E-state index in [1.54, 1.807) is 23.0 Å². The molecule has 21 heavy (non-hydrogen) atoms. The Kier molecular flexibility index (Phi) is 3.88. The number of rotatable bonds is 2. The number of pyridine rings is 2. The topological polar surface area (TPSA) is 38.1 Å². The molecule has 0 atom stereocenters. The maximum Gasteiger partial charge on any atom is 0.251 e. The lowest BCUT2D eigenvalue weighted by atomic mass is 9.91. The van der Waals surface area contributed by atoms with Gasteiger partial charge in [-0.1, -0.05) is 0 Å². The van der Waals surface area contributed by atoms with Crippen LogP contribution in [0.25, 0.3) is 11.1 Å². The normalized spacial score (nSPS) is 17.0. The maximum atomic E-state index is 12.3. The van der Waals surface area contributed by atoms with Crippen LogP contribution in [-0.4, -0.2) is 34.6 Å². The lowest BCUT2D eigenvalue weighted by Crippen LogP contribution is -2.32. The summed E-state index contributed by atoms with van der Waals surface area (Å²) < 4.78 is 1.81. The van der Waals surface area contributed by atoms with Crippen molar-refractivity contribution in [1.82, 2.24) is 14.5 Å². The van der Waals surface area contributed by atoms with Crippen molar-refractivity contribution in [3.63, 3.8) is 0 Å². The van der Waals surface area contributed by atoms with Crippen molar-refractivity contribution >= 4 is 0 Å². The molecule has 0 N–H and O–H groups in total. The molecule has 2 aromatic heterocycles. The summed E-state index contributed by atoms with van der Waals surface area (Å²) in [6.45, 7) is 2.19. The van der Waals surface area contributed by atoms with E-state index in [1.165, 1.54) is 0 Å². The van der Waals surface area contributed by atoms with E-state index in [0.717, 1.165) is 42.8 Å². The zero-order valence-corrected chi connectivity index (χ0v) is 12.6. The summed E-state index contributed by atoms with van der Waals surface area (Å²) in [6, 6.07) is 7.79. The van der Waals surface area contributed by atoms with Crippen LogP contribution in [0.15, 0.2) is 41.5 Å². The highest BCUT2D eigenvalue weighted by Crippen LogP contribution is 2.29. The van der Waals surface area contributed by atoms with Crippen molar-refractivity contribution in [2.75, 3.05) is 20.1 Å². The fraction of sp³-hybridized carbons (Fsp3) is 0.412. The highest BCUT2D eigenvalue weighted by Gasteiger charge is 2.21. The van der Waals surface area contributed by atoms with Gasteiger partial charge in [-0.2, -0.15) is 0 Å². The number of hydrogen-bond donors (Lipinski definition) is 0. The van der Waals surface area contributed by atoms with Gasteiger partial charge in [0.25, 0.3) is 5.56 Å². The molecule has 1 saturated heterocycles. The first-order chi connectivity index (χ1) is 10.1. The molecule has 110 valence electrons. The lowest BCUT2D eigenvalue weighted by Gasteiger charge is -2.30. The number of nitrogens with zero attached hydrogens (tertiary/aromatic N) is 3. The van der Waals surface area contributed by atoms with Crippen LogP contribution in [0.1, 0.15) is 24.5 Å². The minimum atomic E-state index is 0.0678. The van der Waals surface area contributed by atoms with Crippen LogP contribution in [0.4, 0.5) is 0 Å². The Hall–Kier alpha value is -1.94. The third kappa shape index (κ3) is 2.90. The van der Waals surface area contributed by atoms with Gasteiger partial charge < -0.3 is 9.47 Å². The quantitative estimate of drug-likeness (QED) is 0.848. The molecule has 2 aromatic rings. The summed E-state index contributed by atoms with van der Waals surface area (Å²) in [4.78, 5) is 18.7. The molecule has 0 radical (unpaired) electrons. The Labute approximate surface area is 125 Å². The largest absolute Gasteiger partial charge is 0.315 e. The highest BCUT2D eigenvalue weighted by molar-refractivity contribution is 5.62. The standard InChI is InChI=1S/C17H21N3O/c1-19-9-5-14(6-10-19)16-11-15(12-17(21)20(16)2)13-3-7-18-8-4-13/h3-4,7-8,11-12,14H,5-6,9-10H2,1-2H3. The molecule has 0 amide bonds. The second-order valence-electron chi connectivity index (χ2n) is 5.88. The molecule has 0 unspecified atom stereocenters. The van der Waals surface area contributed by atoms with Gasteiger partial charge >= 0.3 is 0 Å². The van der Waals surface area contributed by atoms with Gasteiger partial charge in [0.1, 0.15) is 0 Å². The van der Waals surface area contributed by atoms with E-state index in [9.17, 15) is 4.79 Å². The van der Waals surface area contributed by atoms with Crippen LogP contribution < -0.4 is 5.56 Å². The van der Waals surface area contributed by atoms with Crippen LogP contribution in [0.2, 0.25) is 0 Å². The summed E-state index contributed by atoms with van der Waals surface area (Å²) in [7, 11) is 4.04. The van der Waals surface area contributed by atoms with Crippen molar-refractivity contribution in [3.05, 3.63) is 52.7 Å². The van der Waals surface area contributed by atoms with E-state index in [2.05, 4.69) is 23.0 Å². The van der Waals surface area contributed by atoms with Crippen molar-refractivity contribution in [3.8, 4) is 11.1 Å². The minimum Gasteiger partial charge on any atom is -0.315 e. The van der Waals surface area contributed by atoms with Gasteiger partial charge in [-0.3, -0.25) is 9.78 Å². The van der Waals surface area contributed by atoms with Gasteiger partial charge in [-0.25, -0.2) is 0 Å². The van der Waals surface area contributed by atoms with E-state index >= 15 is 0 Å². The molecule has 0 bridgehead atoms. The molecular weight excluding hydrogens is 262 g/mol. The third-order valence-electron chi connectivity index (χ3n) is 4.45. The Morgan fingerprint density at radius 2 is 1.71 bits per heavy atom. The Morgan fingerprint density at radius 3 is 2.38 bits per heavy atom. The zero-order valence-electron chi connectivity index (χ0n) is 12.6. The van der Waals surface area contributed by atoms with Gasteiger partial charge in [0.05, 0.1) is 0 Å². The van der Waals surface area contributed by atoms with Crippen LogP contribution >= 0.6 is 0 Å². The van der Waals surface area contributed by atoms with Gasteiger partial charge in [0.2, 0.25) is 0 Å². The van der Waals surface area contributed by atoms with E-state index in [-0.39, 0.29) is 5.56 Å². The Morgan fingerprint density at radius 1 is 1.05 bits per heavy atom. The summed E-state index contributed by atoms with van der Waals surface area (Å²) in [6.07, 6.45) is 5.76. The summed E-state index contributed by atoms with van der Waals surface area (Å²) in [5, 5.41) is 0. The average Bonchev–Trinajstić information content (AvgIpc) is 2.52. The molecule has 3 heterocycles. The van der Waals surface area contributed by atoms with E-state index in [4.69, 9.17) is 0 Å². The van der Waals surface area contributed by atoms with Gasteiger partial charge in [0.15, 0.2) is 0 Å². The highest BCUT2D eigenvalue weighted by atomic mass is 16.1. The SMILES string of the molecule is CN1CCC(c2cc(-c3ccncc3)cc(=O)n2C)CC1. The van der Waals surface area contributed by atoms with Crippen molar-refractivity contribution in [1.29, 1.82) is 0 Å². The molecule has 4 heteroatoms. The molecule has 3 rings (SSSR count).